The Morgan fingerprint density at radius 1 is 1.20 bits per heavy atom. The summed E-state index contributed by atoms with van der Waals surface area (Å²) in [5.74, 6) is 0. The van der Waals surface area contributed by atoms with Gasteiger partial charge in [-0.15, -0.1) is 0 Å². The maximum atomic E-state index is 12.3. The molecule has 2 amide bonds. The fourth-order valence-corrected chi connectivity index (χ4v) is 3.43. The smallest absolute Gasteiger partial charge is 0.315 e. The Hall–Kier alpha value is -2.40. The van der Waals surface area contributed by atoms with Gasteiger partial charge in [-0.2, -0.15) is 0 Å². The Balaban J connectivity index is 1.61. The lowest BCUT2D eigenvalue weighted by Gasteiger charge is -2.29. The van der Waals surface area contributed by atoms with E-state index in [2.05, 4.69) is 15.6 Å². The summed E-state index contributed by atoms with van der Waals surface area (Å²) in [5.41, 5.74) is 2.75. The van der Waals surface area contributed by atoms with Crippen molar-refractivity contribution in [2.75, 3.05) is 6.61 Å². The number of carbonyl (C=O) groups excluding carboxylic acids is 1. The minimum atomic E-state index is -0.450. The molecule has 2 aromatic rings. The molecule has 0 radical (unpaired) electrons. The molecule has 1 fully saturated rings. The van der Waals surface area contributed by atoms with E-state index in [1.807, 2.05) is 49.5 Å². The number of aliphatic hydroxyl groups excluding tert-OH is 1. The molecule has 0 bridgehead atoms. The maximum Gasteiger partial charge on any atom is 0.315 e. The zero-order valence-corrected chi connectivity index (χ0v) is 14.5. The predicted molar refractivity (Wildman–Crippen MR) is 98.0 cm³/mol. The van der Waals surface area contributed by atoms with Crippen molar-refractivity contribution in [3.8, 4) is 11.1 Å². The van der Waals surface area contributed by atoms with E-state index in [0.717, 1.165) is 42.4 Å². The number of benzene rings is 1. The number of nitrogens with zero attached hydrogens (tertiary/aromatic N) is 1. The highest BCUT2D eigenvalue weighted by molar-refractivity contribution is 5.75. The minimum Gasteiger partial charge on any atom is -0.394 e. The fourth-order valence-electron chi connectivity index (χ4n) is 3.43. The molecule has 1 unspecified atom stereocenters. The van der Waals surface area contributed by atoms with E-state index in [9.17, 15) is 9.90 Å². The molecule has 1 heterocycles. The van der Waals surface area contributed by atoms with Gasteiger partial charge in [-0.1, -0.05) is 43.2 Å². The molecule has 3 N–H and O–H groups in total. The van der Waals surface area contributed by atoms with Crippen LogP contribution < -0.4 is 10.6 Å². The molecular formula is C20H25N3O2. The molecular weight excluding hydrogens is 314 g/mol. The van der Waals surface area contributed by atoms with Crippen LogP contribution in [0.25, 0.3) is 11.1 Å². The third-order valence-electron chi connectivity index (χ3n) is 5.00. The van der Waals surface area contributed by atoms with Gasteiger partial charge >= 0.3 is 6.03 Å². The van der Waals surface area contributed by atoms with E-state index in [1.165, 1.54) is 0 Å². The van der Waals surface area contributed by atoms with Crippen LogP contribution in [-0.4, -0.2) is 28.3 Å². The summed E-state index contributed by atoms with van der Waals surface area (Å²) in [4.78, 5) is 16.4. The van der Waals surface area contributed by atoms with Gasteiger partial charge < -0.3 is 15.7 Å². The molecule has 1 aromatic carbocycles. The largest absolute Gasteiger partial charge is 0.394 e. The summed E-state index contributed by atoms with van der Waals surface area (Å²) in [6.45, 7) is 1.95. The van der Waals surface area contributed by atoms with Crippen LogP contribution in [0.1, 0.15) is 44.2 Å². The molecule has 5 heteroatoms. The molecule has 3 rings (SSSR count). The highest BCUT2D eigenvalue weighted by Gasteiger charge is 2.34. The van der Waals surface area contributed by atoms with Crippen LogP contribution in [0.4, 0.5) is 4.79 Å². The highest BCUT2D eigenvalue weighted by Crippen LogP contribution is 2.29. The lowest BCUT2D eigenvalue weighted by atomic mass is 9.99. The zero-order chi connectivity index (χ0) is 17.7. The summed E-state index contributed by atoms with van der Waals surface area (Å²) < 4.78 is 0. The standard InChI is InChI=1S/C20H25N3O2/c1-15(22-19(25)23-20(14-24)10-2-3-11-20)16-6-8-17(9-7-16)18-5-4-12-21-13-18/h4-9,12-13,15,24H,2-3,10-11,14H2,1H3,(H2,22,23,25). The molecule has 1 saturated carbocycles. The number of hydrogen-bond acceptors (Lipinski definition) is 3. The first-order chi connectivity index (χ1) is 12.1. The van der Waals surface area contributed by atoms with Crippen LogP contribution >= 0.6 is 0 Å². The van der Waals surface area contributed by atoms with Crippen molar-refractivity contribution in [2.45, 2.75) is 44.2 Å². The van der Waals surface area contributed by atoms with Crippen molar-refractivity contribution in [1.29, 1.82) is 0 Å². The number of hydrogen-bond donors (Lipinski definition) is 3. The molecule has 1 aliphatic rings. The lowest BCUT2D eigenvalue weighted by molar-refractivity contribution is 0.162. The number of rotatable bonds is 5. The van der Waals surface area contributed by atoms with E-state index >= 15 is 0 Å². The molecule has 132 valence electrons. The first kappa shape index (κ1) is 17.4. The van der Waals surface area contributed by atoms with Crippen LogP contribution in [-0.2, 0) is 0 Å². The quantitative estimate of drug-likeness (QED) is 0.781. The lowest BCUT2D eigenvalue weighted by Crippen LogP contribution is -2.53. The highest BCUT2D eigenvalue weighted by atomic mass is 16.3. The zero-order valence-electron chi connectivity index (χ0n) is 14.5. The second kappa shape index (κ2) is 7.66. The van der Waals surface area contributed by atoms with E-state index in [4.69, 9.17) is 0 Å². The number of pyridine rings is 1. The Morgan fingerprint density at radius 3 is 2.52 bits per heavy atom. The van der Waals surface area contributed by atoms with E-state index in [-0.39, 0.29) is 18.7 Å². The van der Waals surface area contributed by atoms with Gasteiger partial charge in [-0.05, 0) is 42.5 Å². The van der Waals surface area contributed by atoms with Crippen molar-refractivity contribution in [3.63, 3.8) is 0 Å². The number of aromatic nitrogens is 1. The Bertz CT molecular complexity index is 695. The van der Waals surface area contributed by atoms with Crippen LogP contribution in [0.15, 0.2) is 48.8 Å². The second-order valence-corrected chi connectivity index (χ2v) is 6.83. The van der Waals surface area contributed by atoms with Crippen molar-refractivity contribution in [2.24, 2.45) is 0 Å². The average molecular weight is 339 g/mol. The van der Waals surface area contributed by atoms with Crippen LogP contribution in [0, 0.1) is 0 Å². The van der Waals surface area contributed by atoms with E-state index in [0.29, 0.717) is 0 Å². The monoisotopic (exact) mass is 339 g/mol. The summed E-state index contributed by atoms with van der Waals surface area (Å²) in [6.07, 6.45) is 7.36. The van der Waals surface area contributed by atoms with Crippen molar-refractivity contribution in [1.82, 2.24) is 15.6 Å². The number of urea groups is 1. The predicted octanol–water partition coefficient (Wildman–Crippen LogP) is 3.41. The Kier molecular flexibility index (Phi) is 5.34. The van der Waals surface area contributed by atoms with Gasteiger partial charge in [0.1, 0.15) is 0 Å². The van der Waals surface area contributed by atoms with Gasteiger partial charge in [-0.25, -0.2) is 4.79 Å². The van der Waals surface area contributed by atoms with Crippen molar-refractivity contribution in [3.05, 3.63) is 54.4 Å². The number of carbonyl (C=O) groups is 1. The van der Waals surface area contributed by atoms with Crippen molar-refractivity contribution >= 4 is 6.03 Å². The number of amides is 2. The molecule has 25 heavy (non-hydrogen) atoms. The topological polar surface area (TPSA) is 74.2 Å². The van der Waals surface area contributed by atoms with E-state index in [1.54, 1.807) is 6.20 Å². The van der Waals surface area contributed by atoms with Crippen LogP contribution in [0.5, 0.6) is 0 Å². The SMILES string of the molecule is CC(NC(=O)NC1(CO)CCCC1)c1ccc(-c2cccnc2)cc1. The number of aliphatic hydroxyl groups is 1. The van der Waals surface area contributed by atoms with Crippen LogP contribution in [0.2, 0.25) is 0 Å². The van der Waals surface area contributed by atoms with Gasteiger partial charge in [0, 0.05) is 12.4 Å². The molecule has 0 spiro atoms. The molecule has 0 aliphatic heterocycles. The third kappa shape index (κ3) is 4.17. The summed E-state index contributed by atoms with van der Waals surface area (Å²) >= 11 is 0. The van der Waals surface area contributed by atoms with Crippen molar-refractivity contribution < 1.29 is 9.90 Å². The summed E-state index contributed by atoms with van der Waals surface area (Å²) in [5, 5.41) is 15.5. The summed E-state index contributed by atoms with van der Waals surface area (Å²) in [6, 6.07) is 11.7. The number of nitrogens with one attached hydrogen (secondary N) is 2. The Morgan fingerprint density at radius 2 is 1.92 bits per heavy atom. The van der Waals surface area contributed by atoms with Crippen LogP contribution in [0.3, 0.4) is 0 Å². The fraction of sp³-hybridized carbons (Fsp3) is 0.400. The second-order valence-electron chi connectivity index (χ2n) is 6.83. The molecule has 0 saturated heterocycles. The van der Waals surface area contributed by atoms with Gasteiger partial charge in [0.2, 0.25) is 0 Å². The van der Waals surface area contributed by atoms with E-state index < -0.39 is 5.54 Å². The first-order valence-electron chi connectivity index (χ1n) is 8.82. The third-order valence-corrected chi connectivity index (χ3v) is 5.00. The molecule has 1 aliphatic carbocycles. The molecule has 1 aromatic heterocycles. The normalized spacial score (nSPS) is 17.0. The average Bonchev–Trinajstić information content (AvgIpc) is 3.11. The van der Waals surface area contributed by atoms with Gasteiger partial charge in [0.15, 0.2) is 0 Å². The first-order valence-corrected chi connectivity index (χ1v) is 8.82. The van der Waals surface area contributed by atoms with Gasteiger partial charge in [0.05, 0.1) is 18.2 Å². The minimum absolute atomic E-state index is 0.00535. The maximum absolute atomic E-state index is 12.3. The molecule has 1 atom stereocenters. The van der Waals surface area contributed by atoms with Gasteiger partial charge in [-0.3, -0.25) is 4.98 Å². The van der Waals surface area contributed by atoms with Gasteiger partial charge in [0.25, 0.3) is 0 Å². The summed E-state index contributed by atoms with van der Waals surface area (Å²) in [7, 11) is 0. The Labute approximate surface area is 148 Å². The molecule has 5 nitrogen and oxygen atoms in total.